The summed E-state index contributed by atoms with van der Waals surface area (Å²) in [6, 6.07) is 17.2. The van der Waals surface area contributed by atoms with Gasteiger partial charge in [-0.15, -0.1) is 0 Å². The zero-order valence-electron chi connectivity index (χ0n) is 13.3. The van der Waals surface area contributed by atoms with Crippen molar-refractivity contribution < 1.29 is 4.74 Å². The van der Waals surface area contributed by atoms with E-state index in [9.17, 15) is 0 Å². The molecular formula is C19H21N3O. The van der Waals surface area contributed by atoms with Gasteiger partial charge in [-0.3, -0.25) is 0 Å². The molecular weight excluding hydrogens is 286 g/mol. The average molecular weight is 307 g/mol. The molecule has 23 heavy (non-hydrogen) atoms. The van der Waals surface area contributed by atoms with Crippen LogP contribution in [0, 0.1) is 6.92 Å². The number of imidazole rings is 1. The fourth-order valence-corrected chi connectivity index (χ4v) is 3.30. The molecule has 1 N–H and O–H groups in total. The second-order valence-electron chi connectivity index (χ2n) is 6.13. The summed E-state index contributed by atoms with van der Waals surface area (Å²) < 4.78 is 8.11. The normalized spacial score (nSPS) is 17.3. The number of nitrogens with zero attached hydrogens (tertiary/aromatic N) is 2. The number of hydrogen-bond acceptors (Lipinski definition) is 3. The molecule has 0 bridgehead atoms. The summed E-state index contributed by atoms with van der Waals surface area (Å²) >= 11 is 0. The maximum Gasteiger partial charge on any atom is 0.136 e. The maximum absolute atomic E-state index is 5.76. The van der Waals surface area contributed by atoms with Gasteiger partial charge in [0.05, 0.1) is 23.7 Å². The third-order valence-corrected chi connectivity index (χ3v) is 4.45. The molecule has 1 aliphatic rings. The molecule has 118 valence electrons. The Morgan fingerprint density at radius 2 is 2.04 bits per heavy atom. The van der Waals surface area contributed by atoms with Crippen molar-refractivity contribution in [3.63, 3.8) is 0 Å². The SMILES string of the molecule is Cc1cccc2c1nc1n2[C@@H](CNCc2ccccc2)COC1. The minimum atomic E-state index is 0.286. The summed E-state index contributed by atoms with van der Waals surface area (Å²) in [7, 11) is 0. The Morgan fingerprint density at radius 3 is 2.91 bits per heavy atom. The van der Waals surface area contributed by atoms with Crippen LogP contribution in [0.5, 0.6) is 0 Å². The van der Waals surface area contributed by atoms with E-state index in [0.29, 0.717) is 6.61 Å². The Morgan fingerprint density at radius 1 is 1.17 bits per heavy atom. The van der Waals surface area contributed by atoms with E-state index in [1.165, 1.54) is 16.6 Å². The minimum absolute atomic E-state index is 0.286. The van der Waals surface area contributed by atoms with Crippen molar-refractivity contribution in [3.05, 3.63) is 65.5 Å². The molecule has 0 aliphatic carbocycles. The Bertz CT molecular complexity index is 810. The summed E-state index contributed by atoms with van der Waals surface area (Å²) in [6.45, 7) is 5.20. The second-order valence-corrected chi connectivity index (χ2v) is 6.13. The Balaban J connectivity index is 1.55. The molecule has 0 unspecified atom stereocenters. The number of fused-ring (bicyclic) bond motifs is 3. The van der Waals surface area contributed by atoms with E-state index in [-0.39, 0.29) is 6.04 Å². The van der Waals surface area contributed by atoms with Gasteiger partial charge in [0.15, 0.2) is 0 Å². The van der Waals surface area contributed by atoms with E-state index < -0.39 is 0 Å². The van der Waals surface area contributed by atoms with Gasteiger partial charge in [0, 0.05) is 13.1 Å². The lowest BCUT2D eigenvalue weighted by Gasteiger charge is -2.26. The summed E-state index contributed by atoms with van der Waals surface area (Å²) in [6.07, 6.45) is 0. The van der Waals surface area contributed by atoms with E-state index in [1.54, 1.807) is 0 Å². The van der Waals surface area contributed by atoms with Crippen LogP contribution in [-0.2, 0) is 17.9 Å². The van der Waals surface area contributed by atoms with Crippen molar-refractivity contribution in [2.24, 2.45) is 0 Å². The topological polar surface area (TPSA) is 39.1 Å². The Labute approximate surface area is 136 Å². The third-order valence-electron chi connectivity index (χ3n) is 4.45. The van der Waals surface area contributed by atoms with E-state index in [4.69, 9.17) is 9.72 Å². The molecule has 0 radical (unpaired) electrons. The molecule has 2 heterocycles. The molecule has 4 rings (SSSR count). The van der Waals surface area contributed by atoms with Crippen LogP contribution in [0.2, 0.25) is 0 Å². The smallest absolute Gasteiger partial charge is 0.136 e. The van der Waals surface area contributed by atoms with Gasteiger partial charge < -0.3 is 14.6 Å². The van der Waals surface area contributed by atoms with Crippen LogP contribution in [-0.4, -0.2) is 22.7 Å². The summed E-state index contributed by atoms with van der Waals surface area (Å²) in [5.74, 6) is 1.03. The predicted molar refractivity (Wildman–Crippen MR) is 91.3 cm³/mol. The lowest BCUT2D eigenvalue weighted by molar-refractivity contribution is 0.0564. The molecule has 0 amide bonds. The first-order valence-electron chi connectivity index (χ1n) is 8.12. The van der Waals surface area contributed by atoms with Gasteiger partial charge in [-0.1, -0.05) is 42.5 Å². The third kappa shape index (κ3) is 2.76. The first-order valence-corrected chi connectivity index (χ1v) is 8.12. The quantitative estimate of drug-likeness (QED) is 0.804. The first kappa shape index (κ1) is 14.4. The van der Waals surface area contributed by atoms with Gasteiger partial charge in [0.25, 0.3) is 0 Å². The molecule has 0 spiro atoms. The van der Waals surface area contributed by atoms with Crippen LogP contribution in [0.4, 0.5) is 0 Å². The highest BCUT2D eigenvalue weighted by atomic mass is 16.5. The van der Waals surface area contributed by atoms with Gasteiger partial charge in [-0.2, -0.15) is 0 Å². The molecule has 4 nitrogen and oxygen atoms in total. The maximum atomic E-state index is 5.76. The average Bonchev–Trinajstić information content (AvgIpc) is 2.97. The van der Waals surface area contributed by atoms with Crippen LogP contribution in [0.25, 0.3) is 11.0 Å². The Hall–Kier alpha value is -2.17. The molecule has 0 saturated heterocycles. The van der Waals surface area contributed by atoms with Gasteiger partial charge in [-0.25, -0.2) is 4.98 Å². The van der Waals surface area contributed by atoms with Crippen LogP contribution < -0.4 is 5.32 Å². The minimum Gasteiger partial charge on any atom is -0.371 e. The summed E-state index contributed by atoms with van der Waals surface area (Å²) in [5, 5.41) is 3.55. The summed E-state index contributed by atoms with van der Waals surface area (Å²) in [4.78, 5) is 4.78. The van der Waals surface area contributed by atoms with Crippen molar-refractivity contribution in [2.75, 3.05) is 13.2 Å². The number of hydrogen-bond donors (Lipinski definition) is 1. The molecule has 1 atom stereocenters. The van der Waals surface area contributed by atoms with E-state index in [2.05, 4.69) is 59.3 Å². The predicted octanol–water partition coefficient (Wildman–Crippen LogP) is 3.21. The number of benzene rings is 2. The zero-order valence-corrected chi connectivity index (χ0v) is 13.3. The Kier molecular flexibility index (Phi) is 3.85. The fraction of sp³-hybridized carbons (Fsp3) is 0.316. The zero-order chi connectivity index (χ0) is 15.6. The van der Waals surface area contributed by atoms with E-state index in [0.717, 1.165) is 31.0 Å². The van der Waals surface area contributed by atoms with Gasteiger partial charge >= 0.3 is 0 Å². The molecule has 1 aliphatic heterocycles. The highest BCUT2D eigenvalue weighted by Gasteiger charge is 2.24. The lowest BCUT2D eigenvalue weighted by atomic mass is 10.2. The van der Waals surface area contributed by atoms with Gasteiger partial charge in [-0.05, 0) is 24.1 Å². The van der Waals surface area contributed by atoms with Crippen molar-refractivity contribution in [1.82, 2.24) is 14.9 Å². The highest BCUT2D eigenvalue weighted by molar-refractivity contribution is 5.79. The summed E-state index contributed by atoms with van der Waals surface area (Å²) in [5.41, 5.74) is 4.84. The monoisotopic (exact) mass is 307 g/mol. The van der Waals surface area contributed by atoms with Gasteiger partial charge in [0.1, 0.15) is 12.4 Å². The second kappa shape index (κ2) is 6.14. The number of rotatable bonds is 4. The lowest BCUT2D eigenvalue weighted by Crippen LogP contribution is -2.32. The molecule has 0 saturated carbocycles. The molecule has 1 aromatic heterocycles. The van der Waals surface area contributed by atoms with Crippen molar-refractivity contribution in [2.45, 2.75) is 26.1 Å². The fourth-order valence-electron chi connectivity index (χ4n) is 3.30. The van der Waals surface area contributed by atoms with Crippen LogP contribution in [0.3, 0.4) is 0 Å². The number of aryl methyl sites for hydroxylation is 1. The van der Waals surface area contributed by atoms with Crippen molar-refractivity contribution in [3.8, 4) is 0 Å². The van der Waals surface area contributed by atoms with Crippen molar-refractivity contribution in [1.29, 1.82) is 0 Å². The van der Waals surface area contributed by atoms with E-state index in [1.807, 2.05) is 6.07 Å². The van der Waals surface area contributed by atoms with Crippen LogP contribution >= 0.6 is 0 Å². The first-order chi connectivity index (χ1) is 11.3. The molecule has 3 aromatic rings. The van der Waals surface area contributed by atoms with E-state index >= 15 is 0 Å². The number of aromatic nitrogens is 2. The van der Waals surface area contributed by atoms with Gasteiger partial charge in [0.2, 0.25) is 0 Å². The molecule has 2 aromatic carbocycles. The number of nitrogens with one attached hydrogen (secondary N) is 1. The van der Waals surface area contributed by atoms with Crippen LogP contribution in [0.15, 0.2) is 48.5 Å². The van der Waals surface area contributed by atoms with Crippen molar-refractivity contribution >= 4 is 11.0 Å². The number of ether oxygens (including phenoxy) is 1. The largest absolute Gasteiger partial charge is 0.371 e. The van der Waals surface area contributed by atoms with Crippen LogP contribution in [0.1, 0.15) is 23.0 Å². The molecule has 4 heteroatoms. The molecule has 0 fully saturated rings. The highest BCUT2D eigenvalue weighted by Crippen LogP contribution is 2.27. The standard InChI is InChI=1S/C19H21N3O/c1-14-6-5-9-17-19(14)21-18-13-23-12-16(22(17)18)11-20-10-15-7-3-2-4-8-15/h2-9,16,20H,10-13H2,1H3/t16-/m0/s1. The number of para-hydroxylation sites is 1.